The predicted molar refractivity (Wildman–Crippen MR) is 85.5 cm³/mol. The second-order valence-corrected chi connectivity index (χ2v) is 5.97. The van der Waals surface area contributed by atoms with E-state index in [0.29, 0.717) is 26.7 Å². The molecule has 0 spiro atoms. The first kappa shape index (κ1) is 15.7. The molecule has 0 radical (unpaired) electrons. The lowest BCUT2D eigenvalue weighted by Gasteiger charge is -2.11. The van der Waals surface area contributed by atoms with Gasteiger partial charge in [0.25, 0.3) is 0 Å². The highest BCUT2D eigenvalue weighted by molar-refractivity contribution is 9.10. The largest absolute Gasteiger partial charge is 0.476 e. The third-order valence-corrected chi connectivity index (χ3v) is 3.94. The number of hydrogen-bond acceptors (Lipinski definition) is 4. The van der Waals surface area contributed by atoms with Crippen molar-refractivity contribution in [2.75, 3.05) is 5.32 Å². The molecule has 0 aliphatic rings. The van der Waals surface area contributed by atoms with Gasteiger partial charge >= 0.3 is 5.97 Å². The molecule has 0 aliphatic heterocycles. The van der Waals surface area contributed by atoms with Gasteiger partial charge in [0.15, 0.2) is 5.69 Å². The van der Waals surface area contributed by atoms with Crippen molar-refractivity contribution >= 4 is 44.9 Å². The fraction of sp³-hybridized carbons (Fsp3) is 0.214. The predicted octanol–water partition coefficient (Wildman–Crippen LogP) is 4.46. The number of nitrogens with one attached hydrogen (secondary N) is 1. The molecule has 7 heteroatoms. The number of nitrogens with zero attached hydrogens (tertiary/aromatic N) is 2. The topological polar surface area (TPSA) is 75.1 Å². The zero-order valence-corrected chi connectivity index (χ0v) is 13.7. The van der Waals surface area contributed by atoms with E-state index < -0.39 is 5.97 Å². The van der Waals surface area contributed by atoms with E-state index in [9.17, 15) is 9.90 Å². The van der Waals surface area contributed by atoms with Crippen LogP contribution >= 0.6 is 27.5 Å². The first-order chi connectivity index (χ1) is 9.88. The Hall–Kier alpha value is -1.66. The monoisotopic (exact) mass is 369 g/mol. The number of aromatic carboxylic acids is 1. The van der Waals surface area contributed by atoms with Crippen LogP contribution in [-0.4, -0.2) is 21.0 Å². The smallest absolute Gasteiger partial charge is 0.356 e. The molecule has 1 aromatic carbocycles. The van der Waals surface area contributed by atoms with Gasteiger partial charge in [0.05, 0.1) is 16.9 Å². The third-order valence-electron chi connectivity index (χ3n) is 2.72. The van der Waals surface area contributed by atoms with Crippen LogP contribution in [0.2, 0.25) is 5.02 Å². The van der Waals surface area contributed by atoms with Crippen molar-refractivity contribution < 1.29 is 9.90 Å². The van der Waals surface area contributed by atoms with Gasteiger partial charge in [-0.15, -0.1) is 0 Å². The quantitative estimate of drug-likeness (QED) is 0.831. The molecule has 0 atom stereocenters. The minimum atomic E-state index is -1.10. The zero-order valence-electron chi connectivity index (χ0n) is 11.4. The Morgan fingerprint density at radius 2 is 2.14 bits per heavy atom. The highest BCUT2D eigenvalue weighted by Gasteiger charge is 2.16. The molecule has 0 amide bonds. The van der Waals surface area contributed by atoms with Gasteiger partial charge in [0.2, 0.25) is 0 Å². The van der Waals surface area contributed by atoms with E-state index in [2.05, 4.69) is 31.2 Å². The lowest BCUT2D eigenvalue weighted by molar-refractivity contribution is 0.0691. The molecule has 2 rings (SSSR count). The second-order valence-electron chi connectivity index (χ2n) is 4.70. The minimum absolute atomic E-state index is 0.0558. The Morgan fingerprint density at radius 3 is 2.71 bits per heavy atom. The average Bonchev–Trinajstić information content (AvgIpc) is 2.43. The molecule has 0 saturated carbocycles. The van der Waals surface area contributed by atoms with Gasteiger partial charge in [-0.1, -0.05) is 25.4 Å². The van der Waals surface area contributed by atoms with Crippen LogP contribution < -0.4 is 5.32 Å². The summed E-state index contributed by atoms with van der Waals surface area (Å²) in [6, 6.07) is 5.21. The van der Waals surface area contributed by atoms with Crippen molar-refractivity contribution in [1.29, 1.82) is 0 Å². The van der Waals surface area contributed by atoms with Crippen molar-refractivity contribution in [1.82, 2.24) is 9.97 Å². The van der Waals surface area contributed by atoms with Gasteiger partial charge in [0, 0.05) is 16.1 Å². The van der Waals surface area contributed by atoms with Gasteiger partial charge < -0.3 is 10.4 Å². The van der Waals surface area contributed by atoms with Crippen molar-refractivity contribution in [3.8, 4) is 0 Å². The molecule has 5 nitrogen and oxygen atoms in total. The molecule has 21 heavy (non-hydrogen) atoms. The minimum Gasteiger partial charge on any atom is -0.476 e. The van der Waals surface area contributed by atoms with Gasteiger partial charge in [0.1, 0.15) is 5.82 Å². The summed E-state index contributed by atoms with van der Waals surface area (Å²) >= 11 is 9.25. The zero-order chi connectivity index (χ0) is 15.6. The maximum atomic E-state index is 11.3. The number of carboxylic acids is 1. The fourth-order valence-corrected chi connectivity index (χ4v) is 2.15. The van der Waals surface area contributed by atoms with E-state index >= 15 is 0 Å². The number of halogens is 2. The standard InChI is InChI=1S/C14H13BrClN3O2/c1-7(2)13-17-6-11(12(19-13)14(20)21)18-8-3-4-10(16)9(15)5-8/h3-7,18H,1-2H3,(H,20,21). The highest BCUT2D eigenvalue weighted by atomic mass is 79.9. The molecule has 0 aliphatic carbocycles. The molecule has 0 saturated heterocycles. The van der Waals surface area contributed by atoms with E-state index in [4.69, 9.17) is 11.6 Å². The van der Waals surface area contributed by atoms with Crippen LogP contribution in [0.4, 0.5) is 11.4 Å². The van der Waals surface area contributed by atoms with Crippen LogP contribution in [-0.2, 0) is 0 Å². The van der Waals surface area contributed by atoms with Crippen molar-refractivity contribution in [2.24, 2.45) is 0 Å². The van der Waals surface area contributed by atoms with Crippen molar-refractivity contribution in [3.63, 3.8) is 0 Å². The third kappa shape index (κ3) is 3.71. The fourth-order valence-electron chi connectivity index (χ4n) is 1.66. The Morgan fingerprint density at radius 1 is 1.43 bits per heavy atom. The average molecular weight is 371 g/mol. The molecule has 1 heterocycles. The summed E-state index contributed by atoms with van der Waals surface area (Å²) in [6.45, 7) is 3.81. The summed E-state index contributed by atoms with van der Waals surface area (Å²) in [5, 5.41) is 12.9. The first-order valence-corrected chi connectivity index (χ1v) is 7.38. The molecule has 0 fully saturated rings. The number of anilines is 2. The Balaban J connectivity index is 2.39. The van der Waals surface area contributed by atoms with E-state index in [1.807, 2.05) is 13.8 Å². The highest BCUT2D eigenvalue weighted by Crippen LogP contribution is 2.28. The SMILES string of the molecule is CC(C)c1ncc(Nc2ccc(Cl)c(Br)c2)c(C(=O)O)n1. The normalized spacial score (nSPS) is 10.7. The summed E-state index contributed by atoms with van der Waals surface area (Å²) in [5.41, 5.74) is 0.968. The van der Waals surface area contributed by atoms with E-state index in [1.54, 1.807) is 18.2 Å². The summed E-state index contributed by atoms with van der Waals surface area (Å²) in [4.78, 5) is 19.6. The summed E-state index contributed by atoms with van der Waals surface area (Å²) < 4.78 is 0.714. The molecule has 2 aromatic rings. The maximum absolute atomic E-state index is 11.3. The number of benzene rings is 1. The van der Waals surface area contributed by atoms with E-state index in [0.717, 1.165) is 0 Å². The maximum Gasteiger partial charge on any atom is 0.356 e. The second kappa shape index (κ2) is 6.41. The Labute approximate surface area is 135 Å². The number of hydrogen-bond donors (Lipinski definition) is 2. The van der Waals surface area contributed by atoms with Gasteiger partial charge in [-0.3, -0.25) is 0 Å². The lowest BCUT2D eigenvalue weighted by atomic mass is 10.2. The van der Waals surface area contributed by atoms with Gasteiger partial charge in [-0.2, -0.15) is 0 Å². The van der Waals surface area contributed by atoms with Crippen LogP contribution in [0.15, 0.2) is 28.9 Å². The molecule has 110 valence electrons. The van der Waals surface area contributed by atoms with Crippen LogP contribution in [0, 0.1) is 0 Å². The summed E-state index contributed by atoms with van der Waals surface area (Å²) in [7, 11) is 0. The number of aromatic nitrogens is 2. The molecule has 2 N–H and O–H groups in total. The molecule has 0 unspecified atom stereocenters. The molecular formula is C14H13BrClN3O2. The Kier molecular flexibility index (Phi) is 4.80. The van der Waals surface area contributed by atoms with Crippen LogP contribution in [0.25, 0.3) is 0 Å². The molecule has 1 aromatic heterocycles. The summed E-state index contributed by atoms with van der Waals surface area (Å²) in [5.74, 6) is -0.549. The van der Waals surface area contributed by atoms with Crippen LogP contribution in [0.3, 0.4) is 0 Å². The molecule has 0 bridgehead atoms. The van der Waals surface area contributed by atoms with Crippen LogP contribution in [0.5, 0.6) is 0 Å². The number of rotatable bonds is 4. The first-order valence-electron chi connectivity index (χ1n) is 6.20. The van der Waals surface area contributed by atoms with E-state index in [1.165, 1.54) is 6.20 Å². The van der Waals surface area contributed by atoms with E-state index in [-0.39, 0.29) is 11.6 Å². The van der Waals surface area contributed by atoms with Gasteiger partial charge in [-0.25, -0.2) is 14.8 Å². The lowest BCUT2D eigenvalue weighted by Crippen LogP contribution is -2.10. The number of carboxylic acid groups (broad SMARTS) is 1. The van der Waals surface area contributed by atoms with Gasteiger partial charge in [-0.05, 0) is 34.1 Å². The number of carbonyl (C=O) groups is 1. The van der Waals surface area contributed by atoms with Crippen molar-refractivity contribution in [3.05, 3.63) is 45.4 Å². The van der Waals surface area contributed by atoms with Crippen LogP contribution in [0.1, 0.15) is 36.1 Å². The molecular weight excluding hydrogens is 358 g/mol. The summed E-state index contributed by atoms with van der Waals surface area (Å²) in [6.07, 6.45) is 1.48. The Bertz CT molecular complexity index is 692. The van der Waals surface area contributed by atoms with Crippen molar-refractivity contribution in [2.45, 2.75) is 19.8 Å².